The molecule has 9 rings (SSSR count). The van der Waals surface area contributed by atoms with Crippen molar-refractivity contribution in [3.05, 3.63) is 109 Å². The van der Waals surface area contributed by atoms with Crippen molar-refractivity contribution in [3.8, 4) is 11.8 Å². The molecule has 7 atom stereocenters. The average molecular weight is 1090 g/mol. The van der Waals surface area contributed by atoms with Crippen LogP contribution in [0.1, 0.15) is 132 Å². The van der Waals surface area contributed by atoms with Crippen molar-refractivity contribution in [3.63, 3.8) is 0 Å². The number of ether oxygens (including phenoxy) is 8. The number of benzene rings is 2. The molecule has 430 valence electrons. The molecule has 7 unspecified atom stereocenters. The minimum absolute atomic E-state index is 0.0313. The third-order valence-electron chi connectivity index (χ3n) is 15.0. The average Bonchev–Trinajstić information content (AvgIpc) is 4.26. The van der Waals surface area contributed by atoms with Crippen LogP contribution in [0.25, 0.3) is 16.8 Å². The molecule has 2 aromatic rings. The molecule has 16 nitrogen and oxygen atoms in total. The molecular weight excluding hydrogens is 1010 g/mol. The highest BCUT2D eigenvalue weighted by Crippen LogP contribution is 2.59. The minimum Gasteiger partial charge on any atom is -0.508 e. The van der Waals surface area contributed by atoms with Gasteiger partial charge in [-0.05, 0) is 190 Å². The van der Waals surface area contributed by atoms with Gasteiger partial charge in [0.2, 0.25) is 6.10 Å². The number of hydrogen-bond acceptors (Lipinski definition) is 16. The van der Waals surface area contributed by atoms with Gasteiger partial charge in [-0.2, -0.15) is 5.26 Å². The van der Waals surface area contributed by atoms with Crippen LogP contribution in [0.5, 0.6) is 5.75 Å². The molecule has 1 saturated heterocycles. The summed E-state index contributed by atoms with van der Waals surface area (Å²) in [6, 6.07) is 13.7. The number of phenols is 1. The predicted octanol–water partition coefficient (Wildman–Crippen LogP) is 11.7. The number of phenolic OH excluding ortho intramolecular Hbond substituents is 1. The number of esters is 6. The van der Waals surface area contributed by atoms with Crippen molar-refractivity contribution in [2.45, 2.75) is 156 Å². The van der Waals surface area contributed by atoms with E-state index in [-0.39, 0.29) is 35.1 Å². The summed E-state index contributed by atoms with van der Waals surface area (Å²) in [6.07, 6.45) is 11.1. The molecular formula is C63H83NO15. The fraction of sp³-hybridized carbons (Fsp3) is 0.540. The van der Waals surface area contributed by atoms with Crippen molar-refractivity contribution in [1.29, 1.82) is 5.26 Å². The van der Waals surface area contributed by atoms with Gasteiger partial charge in [0.25, 0.3) is 0 Å². The molecule has 0 amide bonds. The number of aromatic hydroxyl groups is 1. The fourth-order valence-electron chi connectivity index (χ4n) is 10.8. The topological polar surface area (TPSA) is 220 Å². The summed E-state index contributed by atoms with van der Waals surface area (Å²) in [5.41, 5.74) is 2.83. The number of carbonyl (C=O) groups excluding carboxylic acids is 6. The Balaban J connectivity index is 0.000000216. The monoisotopic (exact) mass is 1090 g/mol. The lowest BCUT2D eigenvalue weighted by molar-refractivity contribution is -0.199. The highest BCUT2D eigenvalue weighted by Gasteiger charge is 2.57. The first-order chi connectivity index (χ1) is 37.2. The van der Waals surface area contributed by atoms with Gasteiger partial charge in [-0.15, -0.1) is 0 Å². The number of nitriles is 1. The molecule has 0 aromatic heterocycles. The number of unbranched alkanes of at least 4 members (excludes halogenated alkanes) is 1. The van der Waals surface area contributed by atoms with E-state index in [0.29, 0.717) is 78.0 Å². The van der Waals surface area contributed by atoms with E-state index in [9.17, 15) is 33.9 Å². The molecule has 0 spiro atoms. The van der Waals surface area contributed by atoms with Gasteiger partial charge in [0.15, 0.2) is 12.6 Å². The van der Waals surface area contributed by atoms with Crippen LogP contribution in [0, 0.1) is 52.8 Å². The maximum absolute atomic E-state index is 11.8. The van der Waals surface area contributed by atoms with Crippen LogP contribution in [-0.2, 0) is 66.7 Å². The van der Waals surface area contributed by atoms with Gasteiger partial charge >= 0.3 is 35.8 Å². The summed E-state index contributed by atoms with van der Waals surface area (Å²) in [5, 5.41) is 20.3. The van der Waals surface area contributed by atoms with Gasteiger partial charge in [0, 0.05) is 40.2 Å². The van der Waals surface area contributed by atoms with E-state index in [4.69, 9.17) is 38.4 Å². The Bertz CT molecular complexity index is 2560. The zero-order valence-corrected chi connectivity index (χ0v) is 47.6. The number of carbonyl (C=O) groups is 6. The number of nitrogens with zero attached hydrogens (tertiary/aromatic N) is 1. The summed E-state index contributed by atoms with van der Waals surface area (Å²) >= 11 is 0. The summed E-state index contributed by atoms with van der Waals surface area (Å²) in [6.45, 7) is 36.1. The van der Waals surface area contributed by atoms with E-state index in [2.05, 4.69) is 57.2 Å². The standard InChI is InChI=1S/C16H26O6.C15H22O2.C12H15NO2.C12H10O.C8H10O4/c1-11(2)15(17)21-13(5)19-9-7-8-10-20-14(6)22-16(18)12(3)4;1-9(2)14(16)17-15(3)12-5-10-4-11(7-12)8-13(15)6-10;1-7(2)12(14)15-11-5-8-3-9(11)4-10(8)6-13;1-2-9-3-4-11-8-12(13)6-5-10(11)7-9;1-5(2)7(9)12-6-3-4-11-8(6)10/h13-14H,1,3,7-10H2,2,4-6H3;10-13H,1,4-8H2,2-3H3;8-11H,1,3-5H2,2H3;2-8,13H,1H2;6H,1,3-4H2,2H3. The Morgan fingerprint density at radius 3 is 1.62 bits per heavy atom. The first-order valence-corrected chi connectivity index (χ1v) is 27.2. The minimum atomic E-state index is -0.728. The Labute approximate surface area is 466 Å². The molecule has 6 aliphatic carbocycles. The Morgan fingerprint density at radius 2 is 1.18 bits per heavy atom. The van der Waals surface area contributed by atoms with Crippen molar-refractivity contribution in [2.75, 3.05) is 19.8 Å². The van der Waals surface area contributed by atoms with Gasteiger partial charge < -0.3 is 43.0 Å². The summed E-state index contributed by atoms with van der Waals surface area (Å²) in [4.78, 5) is 67.3. The number of cyclic esters (lactones) is 1. The van der Waals surface area contributed by atoms with Crippen molar-refractivity contribution in [2.24, 2.45) is 41.4 Å². The van der Waals surface area contributed by atoms with E-state index in [0.717, 1.165) is 60.3 Å². The molecule has 6 saturated carbocycles. The SMILES string of the molecule is C=C(C)C(=O)OC(C)OCCCCOC(C)OC(=O)C(=C)C.C=C(C)C(=O)OC1(C)C2CC3CC(C2)CC1C3.C=C(C)C(=O)OC1CC2CC1CC2C#N.C=C(C)C(=O)OC1CCOC1=O.C=Cc1ccc2cc(O)ccc2c1. The Morgan fingerprint density at radius 1 is 0.684 bits per heavy atom. The molecule has 1 N–H and O–H groups in total. The first kappa shape index (κ1) is 64.7. The second-order valence-corrected chi connectivity index (χ2v) is 21.9. The first-order valence-electron chi connectivity index (χ1n) is 27.2. The summed E-state index contributed by atoms with van der Waals surface area (Å²) < 4.78 is 41.1. The summed E-state index contributed by atoms with van der Waals surface area (Å²) in [7, 11) is 0. The van der Waals surface area contributed by atoms with Crippen molar-refractivity contribution < 1.29 is 71.8 Å². The van der Waals surface area contributed by atoms with Crippen molar-refractivity contribution in [1.82, 2.24) is 0 Å². The highest BCUT2D eigenvalue weighted by atomic mass is 16.7. The molecule has 2 aromatic carbocycles. The van der Waals surface area contributed by atoms with Crippen LogP contribution >= 0.6 is 0 Å². The number of rotatable bonds is 18. The van der Waals surface area contributed by atoms with Gasteiger partial charge in [0.1, 0.15) is 17.5 Å². The van der Waals surface area contributed by atoms with Gasteiger partial charge in [0.05, 0.1) is 25.9 Å². The summed E-state index contributed by atoms with van der Waals surface area (Å²) in [5.74, 6) is 1.93. The van der Waals surface area contributed by atoms with Gasteiger partial charge in [-0.25, -0.2) is 28.8 Å². The van der Waals surface area contributed by atoms with Crippen LogP contribution in [0.4, 0.5) is 0 Å². The lowest BCUT2D eigenvalue weighted by Crippen LogP contribution is -2.58. The smallest absolute Gasteiger partial charge is 0.347 e. The molecule has 79 heavy (non-hydrogen) atoms. The van der Waals surface area contributed by atoms with Crippen molar-refractivity contribution >= 4 is 52.7 Å². The molecule has 7 aliphatic rings. The van der Waals surface area contributed by atoms with Crippen LogP contribution in [0.2, 0.25) is 0 Å². The second-order valence-electron chi connectivity index (χ2n) is 21.9. The quantitative estimate of drug-likeness (QED) is 0.0482. The third kappa shape index (κ3) is 19.8. The van der Waals surface area contributed by atoms with E-state index < -0.39 is 42.6 Å². The van der Waals surface area contributed by atoms with Crippen LogP contribution in [-0.4, -0.2) is 91.1 Å². The highest BCUT2D eigenvalue weighted by molar-refractivity contribution is 5.90. The van der Waals surface area contributed by atoms with Crippen LogP contribution in [0.3, 0.4) is 0 Å². The number of fused-ring (bicyclic) bond motifs is 3. The third-order valence-corrected chi connectivity index (χ3v) is 15.0. The molecule has 16 heteroatoms. The zero-order chi connectivity index (χ0) is 58.7. The van der Waals surface area contributed by atoms with E-state index in [1.807, 2.05) is 30.3 Å². The number of hydrogen-bond donors (Lipinski definition) is 1. The lowest BCUT2D eigenvalue weighted by atomic mass is 9.50. The van der Waals surface area contributed by atoms with E-state index >= 15 is 0 Å². The molecule has 1 heterocycles. The second kappa shape index (κ2) is 30.5. The van der Waals surface area contributed by atoms with E-state index in [1.165, 1.54) is 39.0 Å². The molecule has 7 fully saturated rings. The van der Waals surface area contributed by atoms with Gasteiger partial charge in [-0.3, -0.25) is 0 Å². The molecule has 0 radical (unpaired) electrons. The predicted molar refractivity (Wildman–Crippen MR) is 299 cm³/mol. The van der Waals surface area contributed by atoms with Crippen LogP contribution in [0.15, 0.2) is 104 Å². The maximum atomic E-state index is 11.8. The fourth-order valence-corrected chi connectivity index (χ4v) is 10.8. The Kier molecular flexibility index (Phi) is 25.0. The maximum Gasteiger partial charge on any atom is 0.347 e. The molecule has 1 aliphatic heterocycles. The zero-order valence-electron chi connectivity index (χ0n) is 47.6. The largest absolute Gasteiger partial charge is 0.508 e. The van der Waals surface area contributed by atoms with E-state index in [1.54, 1.807) is 53.7 Å². The lowest BCUT2D eigenvalue weighted by Gasteiger charge is -2.59. The normalized spacial score (nSPS) is 25.8. The van der Waals surface area contributed by atoms with Gasteiger partial charge in [-0.1, -0.05) is 63.7 Å². The Hall–Kier alpha value is -6.83. The molecule has 6 bridgehead atoms. The van der Waals surface area contributed by atoms with Crippen LogP contribution < -0.4 is 0 Å².